The molecule has 35 heavy (non-hydrogen) atoms. The van der Waals surface area contributed by atoms with Crippen LogP contribution in [0.2, 0.25) is 0 Å². The average Bonchev–Trinajstić information content (AvgIpc) is 2.91. The number of carbonyl (C=O) groups excluding carboxylic acids is 1. The highest BCUT2D eigenvalue weighted by Gasteiger charge is 2.31. The van der Waals surface area contributed by atoms with E-state index in [4.69, 9.17) is 14.2 Å². The lowest BCUT2D eigenvalue weighted by Gasteiger charge is -2.34. The summed E-state index contributed by atoms with van der Waals surface area (Å²) >= 11 is 0. The minimum absolute atomic E-state index is 0.161. The van der Waals surface area contributed by atoms with Crippen LogP contribution in [-0.4, -0.2) is 70.2 Å². The van der Waals surface area contributed by atoms with Gasteiger partial charge in [-0.25, -0.2) is 13.2 Å². The molecule has 0 aliphatic carbocycles. The molecule has 0 saturated carbocycles. The van der Waals surface area contributed by atoms with Crippen LogP contribution in [-0.2, 0) is 16.6 Å². The average molecular weight is 498 g/mol. The number of benzene rings is 3. The van der Waals surface area contributed by atoms with Crippen molar-refractivity contribution < 1.29 is 27.4 Å². The van der Waals surface area contributed by atoms with Crippen molar-refractivity contribution in [2.45, 2.75) is 11.4 Å². The van der Waals surface area contributed by atoms with Crippen LogP contribution < -0.4 is 19.5 Å². The number of nitrogens with zero attached hydrogens (tertiary/aromatic N) is 2. The van der Waals surface area contributed by atoms with Crippen molar-refractivity contribution in [1.29, 1.82) is 0 Å². The van der Waals surface area contributed by atoms with Gasteiger partial charge < -0.3 is 24.4 Å². The van der Waals surface area contributed by atoms with E-state index in [2.05, 4.69) is 5.32 Å². The maximum atomic E-state index is 13.1. The fourth-order valence-electron chi connectivity index (χ4n) is 4.26. The quantitative estimate of drug-likeness (QED) is 0.582. The van der Waals surface area contributed by atoms with Crippen molar-refractivity contribution >= 4 is 26.8 Å². The zero-order valence-electron chi connectivity index (χ0n) is 19.4. The molecule has 5 rings (SSSR count). The number of rotatable bonds is 5. The molecule has 3 aromatic carbocycles. The molecule has 184 valence electrons. The van der Waals surface area contributed by atoms with Crippen LogP contribution in [0.25, 0.3) is 10.8 Å². The zero-order chi connectivity index (χ0) is 24.4. The molecule has 0 spiro atoms. The molecule has 9 nitrogen and oxygen atoms in total. The Labute approximate surface area is 204 Å². The Balaban J connectivity index is 1.17. The lowest BCUT2D eigenvalue weighted by Crippen LogP contribution is -2.52. The predicted octanol–water partition coefficient (Wildman–Crippen LogP) is 2.84. The van der Waals surface area contributed by atoms with Gasteiger partial charge in [-0.2, -0.15) is 4.31 Å². The van der Waals surface area contributed by atoms with E-state index in [-0.39, 0.29) is 24.0 Å². The summed E-state index contributed by atoms with van der Waals surface area (Å²) in [5, 5.41) is 5.07. The molecule has 0 unspecified atom stereocenters. The first-order valence-corrected chi connectivity index (χ1v) is 12.9. The van der Waals surface area contributed by atoms with Gasteiger partial charge in [-0.05, 0) is 46.7 Å². The Morgan fingerprint density at radius 2 is 1.63 bits per heavy atom. The van der Waals surface area contributed by atoms with Crippen LogP contribution >= 0.6 is 0 Å². The molecule has 3 aromatic rings. The summed E-state index contributed by atoms with van der Waals surface area (Å²) in [6, 6.07) is 16.3. The highest BCUT2D eigenvalue weighted by molar-refractivity contribution is 7.89. The molecule has 1 saturated heterocycles. The lowest BCUT2D eigenvalue weighted by atomic mass is 10.1. The molecule has 2 aliphatic heterocycles. The highest BCUT2D eigenvalue weighted by Crippen LogP contribution is 2.33. The molecule has 0 aromatic heterocycles. The molecule has 2 aliphatic rings. The van der Waals surface area contributed by atoms with Gasteiger partial charge in [0.15, 0.2) is 11.5 Å². The van der Waals surface area contributed by atoms with Crippen LogP contribution in [0.1, 0.15) is 5.56 Å². The number of urea groups is 1. The first-order chi connectivity index (χ1) is 16.9. The number of amides is 2. The summed E-state index contributed by atoms with van der Waals surface area (Å²) in [5.41, 5.74) is 0.982. The van der Waals surface area contributed by atoms with E-state index in [0.29, 0.717) is 44.3 Å². The van der Waals surface area contributed by atoms with Crippen molar-refractivity contribution in [3.8, 4) is 17.2 Å². The first kappa shape index (κ1) is 23.3. The fourth-order valence-corrected chi connectivity index (χ4v) is 5.70. The van der Waals surface area contributed by atoms with E-state index >= 15 is 0 Å². The Morgan fingerprint density at radius 1 is 0.914 bits per heavy atom. The summed E-state index contributed by atoms with van der Waals surface area (Å²) in [7, 11) is -2.06. The molecular formula is C25H27N3O6S. The van der Waals surface area contributed by atoms with Gasteiger partial charge in [0.1, 0.15) is 19.0 Å². The molecular weight excluding hydrogens is 470 g/mol. The van der Waals surface area contributed by atoms with Crippen molar-refractivity contribution in [2.24, 2.45) is 0 Å². The van der Waals surface area contributed by atoms with Crippen LogP contribution in [0.3, 0.4) is 0 Å². The van der Waals surface area contributed by atoms with Gasteiger partial charge in [0.05, 0.1) is 12.0 Å². The number of nitrogens with one attached hydrogen (secondary N) is 1. The monoisotopic (exact) mass is 497 g/mol. The summed E-state index contributed by atoms with van der Waals surface area (Å²) < 4.78 is 43.9. The number of hydrogen-bond donors (Lipinski definition) is 1. The predicted molar refractivity (Wildman–Crippen MR) is 130 cm³/mol. The smallest absolute Gasteiger partial charge is 0.317 e. The van der Waals surface area contributed by atoms with E-state index in [0.717, 1.165) is 22.1 Å². The SMILES string of the molecule is COc1ccc2cc(CNC(=O)N3CCN(S(=O)(=O)c4ccc5c(c4)OCCO5)CC3)ccc2c1. The van der Waals surface area contributed by atoms with Gasteiger partial charge in [-0.3, -0.25) is 0 Å². The van der Waals surface area contributed by atoms with E-state index in [1.165, 1.54) is 16.4 Å². The van der Waals surface area contributed by atoms with Gasteiger partial charge in [0.2, 0.25) is 10.0 Å². The van der Waals surface area contributed by atoms with E-state index in [1.54, 1.807) is 18.1 Å². The molecule has 0 radical (unpaired) electrons. The molecule has 0 bridgehead atoms. The van der Waals surface area contributed by atoms with Crippen molar-refractivity contribution in [3.05, 3.63) is 60.2 Å². The molecule has 10 heteroatoms. The van der Waals surface area contributed by atoms with E-state index in [1.807, 2.05) is 36.4 Å². The maximum Gasteiger partial charge on any atom is 0.317 e. The third-order valence-electron chi connectivity index (χ3n) is 6.23. The van der Waals surface area contributed by atoms with Crippen LogP contribution in [0.5, 0.6) is 17.2 Å². The molecule has 1 N–H and O–H groups in total. The largest absolute Gasteiger partial charge is 0.497 e. The first-order valence-electron chi connectivity index (χ1n) is 11.4. The molecule has 2 heterocycles. The zero-order valence-corrected chi connectivity index (χ0v) is 20.2. The summed E-state index contributed by atoms with van der Waals surface area (Å²) in [6.07, 6.45) is 0. The second-order valence-corrected chi connectivity index (χ2v) is 10.3. The molecule has 2 amide bonds. The minimum atomic E-state index is -3.70. The Hall–Kier alpha value is -3.50. The number of carbonyl (C=O) groups is 1. The lowest BCUT2D eigenvalue weighted by molar-refractivity contribution is 0.170. The second kappa shape index (κ2) is 9.63. The number of sulfonamides is 1. The topological polar surface area (TPSA) is 97.4 Å². The fraction of sp³-hybridized carbons (Fsp3) is 0.320. The molecule has 1 fully saturated rings. The third-order valence-corrected chi connectivity index (χ3v) is 8.13. The summed E-state index contributed by atoms with van der Waals surface area (Å²) in [4.78, 5) is 14.5. The van der Waals surface area contributed by atoms with E-state index < -0.39 is 10.0 Å². The normalized spacial score (nSPS) is 16.2. The Bertz CT molecular complexity index is 1350. The van der Waals surface area contributed by atoms with Crippen LogP contribution in [0.4, 0.5) is 4.79 Å². The number of methoxy groups -OCH3 is 1. The van der Waals surface area contributed by atoms with Gasteiger partial charge >= 0.3 is 6.03 Å². The van der Waals surface area contributed by atoms with E-state index in [9.17, 15) is 13.2 Å². The Kier molecular flexibility index (Phi) is 6.40. The molecule has 0 atom stereocenters. The van der Waals surface area contributed by atoms with Gasteiger partial charge in [-0.1, -0.05) is 18.2 Å². The number of piperazine rings is 1. The Morgan fingerprint density at radius 3 is 2.40 bits per heavy atom. The van der Waals surface area contributed by atoms with Gasteiger partial charge in [0.25, 0.3) is 0 Å². The number of fused-ring (bicyclic) bond motifs is 2. The van der Waals surface area contributed by atoms with Gasteiger partial charge in [0, 0.05) is 38.8 Å². The third kappa shape index (κ3) is 4.85. The standard InChI is InChI=1S/C25H27N3O6S/c1-32-21-5-4-19-14-18(2-3-20(19)15-21)17-26-25(29)27-8-10-28(11-9-27)35(30,31)22-6-7-23-24(16-22)34-13-12-33-23/h2-7,14-16H,8-13,17H2,1H3,(H,26,29). The minimum Gasteiger partial charge on any atom is -0.497 e. The van der Waals surface area contributed by atoms with Gasteiger partial charge in [-0.15, -0.1) is 0 Å². The number of hydrogen-bond acceptors (Lipinski definition) is 6. The highest BCUT2D eigenvalue weighted by atomic mass is 32.2. The van der Waals surface area contributed by atoms with Crippen molar-refractivity contribution in [2.75, 3.05) is 46.5 Å². The summed E-state index contributed by atoms with van der Waals surface area (Å²) in [6.45, 7) is 2.29. The second-order valence-electron chi connectivity index (χ2n) is 8.40. The van der Waals surface area contributed by atoms with Crippen molar-refractivity contribution in [1.82, 2.24) is 14.5 Å². The maximum absolute atomic E-state index is 13.1. The van der Waals surface area contributed by atoms with Crippen LogP contribution in [0, 0.1) is 0 Å². The van der Waals surface area contributed by atoms with Crippen molar-refractivity contribution in [3.63, 3.8) is 0 Å². The summed E-state index contributed by atoms with van der Waals surface area (Å²) in [5.74, 6) is 1.78. The van der Waals surface area contributed by atoms with Crippen LogP contribution in [0.15, 0.2) is 59.5 Å². The number of ether oxygens (including phenoxy) is 3.